The van der Waals surface area contributed by atoms with Gasteiger partial charge in [0, 0.05) is 34.8 Å². The van der Waals surface area contributed by atoms with E-state index in [4.69, 9.17) is 4.74 Å². The van der Waals surface area contributed by atoms with Gasteiger partial charge in [0.1, 0.15) is 5.69 Å². The van der Waals surface area contributed by atoms with Crippen LogP contribution in [0.3, 0.4) is 0 Å². The number of hydrogen-bond donors (Lipinski definition) is 0. The van der Waals surface area contributed by atoms with Crippen molar-refractivity contribution in [3.8, 4) is 0 Å². The van der Waals surface area contributed by atoms with Crippen LogP contribution >= 0.6 is 11.3 Å². The molecule has 0 saturated carbocycles. The maximum atomic E-state index is 12.5. The van der Waals surface area contributed by atoms with Crippen molar-refractivity contribution in [3.63, 3.8) is 0 Å². The van der Waals surface area contributed by atoms with Gasteiger partial charge < -0.3 is 9.64 Å². The topological polar surface area (TPSA) is 42.4 Å². The SMILES string of the molecule is O=C(c1cc2c(cn1)sc1ccccc12)N1CCOCC1. The molecule has 0 N–H and O–H groups in total. The Kier molecular flexibility index (Phi) is 3.09. The zero-order chi connectivity index (χ0) is 14.2. The molecule has 1 saturated heterocycles. The zero-order valence-corrected chi connectivity index (χ0v) is 12.2. The van der Waals surface area contributed by atoms with Crippen LogP contribution in [-0.2, 0) is 4.74 Å². The summed E-state index contributed by atoms with van der Waals surface area (Å²) in [6.45, 7) is 2.50. The van der Waals surface area contributed by atoms with Crippen LogP contribution in [0.4, 0.5) is 0 Å². The number of aromatic nitrogens is 1. The highest BCUT2D eigenvalue weighted by Gasteiger charge is 2.20. The third-order valence-corrected chi connectivity index (χ3v) is 4.90. The smallest absolute Gasteiger partial charge is 0.272 e. The molecule has 1 aromatic carbocycles. The molecule has 1 aliphatic rings. The van der Waals surface area contributed by atoms with Gasteiger partial charge in [-0.2, -0.15) is 0 Å². The Labute approximate surface area is 126 Å². The molecule has 1 fully saturated rings. The van der Waals surface area contributed by atoms with Crippen molar-refractivity contribution in [3.05, 3.63) is 42.2 Å². The van der Waals surface area contributed by atoms with E-state index >= 15 is 0 Å². The van der Waals surface area contributed by atoms with Gasteiger partial charge in [-0.1, -0.05) is 18.2 Å². The first-order chi connectivity index (χ1) is 10.3. The van der Waals surface area contributed by atoms with Gasteiger partial charge in [-0.15, -0.1) is 11.3 Å². The predicted octanol–water partition coefficient (Wildman–Crippen LogP) is 2.92. The van der Waals surface area contributed by atoms with E-state index in [-0.39, 0.29) is 5.91 Å². The Morgan fingerprint density at radius 2 is 1.95 bits per heavy atom. The van der Waals surface area contributed by atoms with Gasteiger partial charge in [0.2, 0.25) is 0 Å². The largest absolute Gasteiger partial charge is 0.378 e. The summed E-state index contributed by atoms with van der Waals surface area (Å²) < 4.78 is 7.64. The Morgan fingerprint density at radius 3 is 2.81 bits per heavy atom. The fourth-order valence-corrected chi connectivity index (χ4v) is 3.73. The van der Waals surface area contributed by atoms with Crippen molar-refractivity contribution in [2.75, 3.05) is 26.3 Å². The summed E-state index contributed by atoms with van der Waals surface area (Å²) in [6, 6.07) is 10.2. The monoisotopic (exact) mass is 298 g/mol. The molecule has 4 rings (SSSR count). The van der Waals surface area contributed by atoms with Gasteiger partial charge in [-0.3, -0.25) is 4.79 Å². The summed E-state index contributed by atoms with van der Waals surface area (Å²) in [6.07, 6.45) is 1.81. The first kappa shape index (κ1) is 12.7. The average Bonchev–Trinajstić information content (AvgIpc) is 2.93. The van der Waals surface area contributed by atoms with Crippen molar-refractivity contribution in [1.29, 1.82) is 0 Å². The summed E-state index contributed by atoms with van der Waals surface area (Å²) in [7, 11) is 0. The molecule has 4 nitrogen and oxygen atoms in total. The number of morpholine rings is 1. The van der Waals surface area contributed by atoms with Crippen molar-refractivity contribution in [2.45, 2.75) is 0 Å². The highest BCUT2D eigenvalue weighted by molar-refractivity contribution is 7.25. The van der Waals surface area contributed by atoms with Crippen LogP contribution in [0, 0.1) is 0 Å². The molecule has 0 atom stereocenters. The molecule has 0 spiro atoms. The molecule has 0 aliphatic carbocycles. The number of carbonyl (C=O) groups is 1. The van der Waals surface area contributed by atoms with Crippen LogP contribution in [-0.4, -0.2) is 42.1 Å². The van der Waals surface area contributed by atoms with Gasteiger partial charge in [-0.25, -0.2) is 4.98 Å². The Hall–Kier alpha value is -1.98. The number of pyridine rings is 1. The number of ether oxygens (including phenoxy) is 1. The van der Waals surface area contributed by atoms with Crippen LogP contribution in [0.15, 0.2) is 36.5 Å². The number of thiophene rings is 1. The molecule has 0 bridgehead atoms. The molecule has 0 unspecified atom stereocenters. The highest BCUT2D eigenvalue weighted by atomic mass is 32.1. The Morgan fingerprint density at radius 1 is 1.14 bits per heavy atom. The molecular formula is C16H14N2O2S. The molecule has 0 radical (unpaired) electrons. The van der Waals surface area contributed by atoms with E-state index in [0.29, 0.717) is 32.0 Å². The van der Waals surface area contributed by atoms with Crippen LogP contribution in [0.1, 0.15) is 10.5 Å². The van der Waals surface area contributed by atoms with Gasteiger partial charge >= 0.3 is 0 Å². The average molecular weight is 298 g/mol. The second-order valence-corrected chi connectivity index (χ2v) is 6.15. The number of rotatable bonds is 1. The van der Waals surface area contributed by atoms with Crippen molar-refractivity contribution < 1.29 is 9.53 Å². The minimum Gasteiger partial charge on any atom is -0.378 e. The quantitative estimate of drug-likeness (QED) is 0.693. The molecule has 106 valence electrons. The van der Waals surface area contributed by atoms with E-state index < -0.39 is 0 Å². The van der Waals surface area contributed by atoms with E-state index in [1.165, 1.54) is 10.1 Å². The number of fused-ring (bicyclic) bond motifs is 3. The Balaban J connectivity index is 1.78. The minimum atomic E-state index is -0.00418. The summed E-state index contributed by atoms with van der Waals surface area (Å²) in [5.74, 6) is -0.00418. The van der Waals surface area contributed by atoms with E-state index in [9.17, 15) is 4.79 Å². The van der Waals surface area contributed by atoms with Crippen LogP contribution < -0.4 is 0 Å². The fourth-order valence-electron chi connectivity index (χ4n) is 2.68. The van der Waals surface area contributed by atoms with Crippen LogP contribution in [0.25, 0.3) is 20.2 Å². The number of nitrogens with zero attached hydrogens (tertiary/aromatic N) is 2. The van der Waals surface area contributed by atoms with Gasteiger partial charge in [0.05, 0.1) is 17.9 Å². The standard InChI is InChI=1S/C16H14N2O2S/c19-16(18-5-7-20-8-6-18)13-9-12-11-3-1-2-4-14(11)21-15(12)10-17-13/h1-4,9-10H,5-8H2. The van der Waals surface area contributed by atoms with Gasteiger partial charge in [0.25, 0.3) is 5.91 Å². The Bertz CT molecular complexity index is 821. The second kappa shape index (κ2) is 5.09. The predicted molar refractivity (Wildman–Crippen MR) is 83.8 cm³/mol. The van der Waals surface area contributed by atoms with Gasteiger partial charge in [-0.05, 0) is 12.1 Å². The summed E-state index contributed by atoms with van der Waals surface area (Å²) in [4.78, 5) is 18.7. The normalized spacial score (nSPS) is 15.7. The lowest BCUT2D eigenvalue weighted by atomic mass is 10.1. The lowest BCUT2D eigenvalue weighted by Crippen LogP contribution is -2.41. The first-order valence-corrected chi connectivity index (χ1v) is 7.79. The van der Waals surface area contributed by atoms with Crippen molar-refractivity contribution >= 4 is 37.4 Å². The third-order valence-electron chi connectivity index (χ3n) is 3.78. The molecule has 1 aliphatic heterocycles. The number of hydrogen-bond acceptors (Lipinski definition) is 4. The van der Waals surface area contributed by atoms with E-state index in [0.717, 1.165) is 10.1 Å². The lowest BCUT2D eigenvalue weighted by Gasteiger charge is -2.26. The van der Waals surface area contributed by atoms with Crippen LogP contribution in [0.2, 0.25) is 0 Å². The lowest BCUT2D eigenvalue weighted by molar-refractivity contribution is 0.0299. The van der Waals surface area contributed by atoms with E-state index in [2.05, 4.69) is 17.1 Å². The molecule has 1 amide bonds. The summed E-state index contributed by atoms with van der Waals surface area (Å²) >= 11 is 1.71. The van der Waals surface area contributed by atoms with E-state index in [1.54, 1.807) is 11.3 Å². The molecule has 3 aromatic rings. The maximum Gasteiger partial charge on any atom is 0.272 e. The maximum absolute atomic E-state index is 12.5. The number of amides is 1. The molecule has 3 heterocycles. The van der Waals surface area contributed by atoms with Gasteiger partial charge in [0.15, 0.2) is 0 Å². The first-order valence-electron chi connectivity index (χ1n) is 6.97. The van der Waals surface area contributed by atoms with Crippen LogP contribution in [0.5, 0.6) is 0 Å². The molecular weight excluding hydrogens is 284 g/mol. The molecule has 5 heteroatoms. The highest BCUT2D eigenvalue weighted by Crippen LogP contribution is 2.33. The second-order valence-electron chi connectivity index (χ2n) is 5.07. The fraction of sp³-hybridized carbons (Fsp3) is 0.250. The molecule has 21 heavy (non-hydrogen) atoms. The van der Waals surface area contributed by atoms with Crippen molar-refractivity contribution in [2.24, 2.45) is 0 Å². The number of benzene rings is 1. The minimum absolute atomic E-state index is 0.00418. The van der Waals surface area contributed by atoms with E-state index in [1.807, 2.05) is 29.3 Å². The van der Waals surface area contributed by atoms with Crippen molar-refractivity contribution in [1.82, 2.24) is 9.88 Å². The summed E-state index contributed by atoms with van der Waals surface area (Å²) in [5, 5.41) is 2.30. The summed E-state index contributed by atoms with van der Waals surface area (Å²) in [5.41, 5.74) is 0.521. The molecule has 2 aromatic heterocycles. The third kappa shape index (κ3) is 2.18. The number of carbonyl (C=O) groups excluding carboxylic acids is 1. The zero-order valence-electron chi connectivity index (χ0n) is 11.4.